The third-order valence-electron chi connectivity index (χ3n) is 4.87. The van der Waals surface area contributed by atoms with Crippen LogP contribution in [0.15, 0.2) is 12.4 Å². The third kappa shape index (κ3) is 3.55. The molecule has 1 aliphatic heterocycles. The van der Waals surface area contributed by atoms with Crippen molar-refractivity contribution in [1.29, 1.82) is 0 Å². The molecule has 2 heterocycles. The number of nitrogens with one attached hydrogen (secondary N) is 1. The van der Waals surface area contributed by atoms with Gasteiger partial charge in [-0.1, -0.05) is 19.3 Å². The number of carboxylic acids is 1. The first-order valence-corrected chi connectivity index (χ1v) is 8.26. The predicted molar refractivity (Wildman–Crippen MR) is 84.0 cm³/mol. The second-order valence-corrected chi connectivity index (χ2v) is 6.38. The van der Waals surface area contributed by atoms with Gasteiger partial charge >= 0.3 is 5.97 Å². The maximum absolute atomic E-state index is 11.1. The van der Waals surface area contributed by atoms with Crippen molar-refractivity contribution in [2.45, 2.75) is 44.6 Å². The Labute approximate surface area is 131 Å². The molecule has 0 spiro atoms. The molecule has 120 valence electrons. The molecule has 1 aliphatic carbocycles. The molecule has 2 N–H and O–H groups in total. The Bertz CT molecular complexity index is 517. The van der Waals surface area contributed by atoms with Gasteiger partial charge in [0.15, 0.2) is 11.5 Å². The summed E-state index contributed by atoms with van der Waals surface area (Å²) in [4.78, 5) is 21.7. The molecule has 1 saturated heterocycles. The van der Waals surface area contributed by atoms with E-state index in [1.807, 2.05) is 0 Å². The van der Waals surface area contributed by atoms with E-state index < -0.39 is 5.97 Å². The van der Waals surface area contributed by atoms with E-state index in [0.717, 1.165) is 19.1 Å². The minimum atomic E-state index is -1.04. The van der Waals surface area contributed by atoms with Crippen molar-refractivity contribution in [2.75, 3.05) is 25.0 Å². The number of nitrogens with zero attached hydrogens (tertiary/aromatic N) is 3. The molecule has 1 saturated carbocycles. The van der Waals surface area contributed by atoms with Crippen LogP contribution in [0.3, 0.4) is 0 Å². The Balaban J connectivity index is 1.51. The Kier molecular flexibility index (Phi) is 4.87. The van der Waals surface area contributed by atoms with Crippen molar-refractivity contribution >= 4 is 11.8 Å². The van der Waals surface area contributed by atoms with Gasteiger partial charge in [0.2, 0.25) is 0 Å². The number of carbonyl (C=O) groups is 1. The van der Waals surface area contributed by atoms with Crippen LogP contribution in [-0.4, -0.2) is 51.6 Å². The number of anilines is 1. The van der Waals surface area contributed by atoms with E-state index in [4.69, 9.17) is 5.11 Å². The summed E-state index contributed by atoms with van der Waals surface area (Å²) in [6, 6.07) is 0.768. The van der Waals surface area contributed by atoms with Gasteiger partial charge in [0.1, 0.15) is 0 Å². The number of carboxylic acid groups (broad SMARTS) is 1. The lowest BCUT2D eigenvalue weighted by molar-refractivity contribution is 0.0691. The first kappa shape index (κ1) is 15.2. The zero-order valence-electron chi connectivity index (χ0n) is 12.9. The van der Waals surface area contributed by atoms with Gasteiger partial charge in [-0.05, 0) is 31.7 Å². The molecular weight excluding hydrogens is 280 g/mol. The molecule has 6 nitrogen and oxygen atoms in total. The average Bonchev–Trinajstić information content (AvgIpc) is 3.03. The molecule has 0 amide bonds. The normalized spacial score (nSPS) is 23.5. The monoisotopic (exact) mass is 304 g/mol. The van der Waals surface area contributed by atoms with Gasteiger partial charge in [0, 0.05) is 31.5 Å². The van der Waals surface area contributed by atoms with Crippen LogP contribution in [0.5, 0.6) is 0 Å². The van der Waals surface area contributed by atoms with Crippen LogP contribution in [0, 0.1) is 5.92 Å². The second-order valence-electron chi connectivity index (χ2n) is 6.38. The summed E-state index contributed by atoms with van der Waals surface area (Å²) < 4.78 is 0. The summed E-state index contributed by atoms with van der Waals surface area (Å²) in [5.74, 6) is -0.0949. The number of hydrogen-bond acceptors (Lipinski definition) is 5. The SMILES string of the molecule is O=C(O)c1nccnc1NCC1CCN(C2CCCCC2)C1. The van der Waals surface area contributed by atoms with E-state index in [-0.39, 0.29) is 5.69 Å². The predicted octanol–water partition coefficient (Wildman–Crippen LogP) is 2.24. The van der Waals surface area contributed by atoms with Crippen LogP contribution in [0.2, 0.25) is 0 Å². The van der Waals surface area contributed by atoms with E-state index >= 15 is 0 Å². The minimum Gasteiger partial charge on any atom is -0.476 e. The molecule has 0 radical (unpaired) electrons. The summed E-state index contributed by atoms with van der Waals surface area (Å²) in [5, 5.41) is 12.3. The van der Waals surface area contributed by atoms with Gasteiger partial charge in [0.05, 0.1) is 0 Å². The average molecular weight is 304 g/mol. The smallest absolute Gasteiger partial charge is 0.358 e. The highest BCUT2D eigenvalue weighted by molar-refractivity contribution is 5.90. The van der Waals surface area contributed by atoms with Gasteiger partial charge < -0.3 is 15.3 Å². The molecular formula is C16H24N4O2. The lowest BCUT2D eigenvalue weighted by Gasteiger charge is -2.31. The Morgan fingerprint density at radius 1 is 1.23 bits per heavy atom. The third-order valence-corrected chi connectivity index (χ3v) is 4.87. The van der Waals surface area contributed by atoms with E-state index in [1.54, 1.807) is 0 Å². The standard InChI is InChI=1S/C16H24N4O2/c21-16(22)14-15(18-8-7-17-14)19-10-12-6-9-20(11-12)13-4-2-1-3-5-13/h7-8,12-13H,1-6,9-11H2,(H,18,19)(H,21,22). The minimum absolute atomic E-state index is 0.00429. The molecule has 1 aromatic heterocycles. The van der Waals surface area contributed by atoms with Crippen LogP contribution < -0.4 is 5.32 Å². The lowest BCUT2D eigenvalue weighted by Crippen LogP contribution is -2.35. The van der Waals surface area contributed by atoms with Crippen molar-refractivity contribution in [1.82, 2.24) is 14.9 Å². The molecule has 0 bridgehead atoms. The molecule has 2 fully saturated rings. The highest BCUT2D eigenvalue weighted by Gasteiger charge is 2.29. The largest absolute Gasteiger partial charge is 0.476 e. The molecule has 6 heteroatoms. The van der Waals surface area contributed by atoms with Crippen molar-refractivity contribution < 1.29 is 9.90 Å². The van der Waals surface area contributed by atoms with Crippen LogP contribution >= 0.6 is 0 Å². The van der Waals surface area contributed by atoms with Crippen molar-refractivity contribution in [3.8, 4) is 0 Å². The van der Waals surface area contributed by atoms with Crippen LogP contribution in [-0.2, 0) is 0 Å². The first-order valence-electron chi connectivity index (χ1n) is 8.26. The van der Waals surface area contributed by atoms with Gasteiger partial charge in [-0.2, -0.15) is 0 Å². The number of aromatic carboxylic acids is 1. The fraction of sp³-hybridized carbons (Fsp3) is 0.688. The number of rotatable bonds is 5. The van der Waals surface area contributed by atoms with E-state index in [2.05, 4.69) is 20.2 Å². The molecule has 2 aliphatic rings. The number of aromatic nitrogens is 2. The molecule has 0 aromatic carbocycles. The summed E-state index contributed by atoms with van der Waals surface area (Å²) in [5.41, 5.74) is 0.00429. The highest BCUT2D eigenvalue weighted by Crippen LogP contribution is 2.27. The summed E-state index contributed by atoms with van der Waals surface area (Å²) in [7, 11) is 0. The fourth-order valence-electron chi connectivity index (χ4n) is 3.67. The molecule has 1 aromatic rings. The van der Waals surface area contributed by atoms with Gasteiger partial charge in [-0.15, -0.1) is 0 Å². The lowest BCUT2D eigenvalue weighted by atomic mass is 9.94. The van der Waals surface area contributed by atoms with Crippen LogP contribution in [0.1, 0.15) is 49.0 Å². The fourth-order valence-corrected chi connectivity index (χ4v) is 3.67. The maximum atomic E-state index is 11.1. The number of hydrogen-bond donors (Lipinski definition) is 2. The van der Waals surface area contributed by atoms with Gasteiger partial charge in [0.25, 0.3) is 0 Å². The van der Waals surface area contributed by atoms with Crippen molar-refractivity contribution in [2.24, 2.45) is 5.92 Å². The Hall–Kier alpha value is -1.69. The summed E-state index contributed by atoms with van der Waals surface area (Å²) >= 11 is 0. The molecule has 1 atom stereocenters. The maximum Gasteiger partial charge on any atom is 0.358 e. The quantitative estimate of drug-likeness (QED) is 0.868. The number of likely N-dealkylation sites (tertiary alicyclic amines) is 1. The Morgan fingerprint density at radius 2 is 2.00 bits per heavy atom. The Morgan fingerprint density at radius 3 is 2.77 bits per heavy atom. The van der Waals surface area contributed by atoms with Gasteiger partial charge in [-0.3, -0.25) is 0 Å². The van der Waals surface area contributed by atoms with E-state index in [1.165, 1.54) is 57.5 Å². The van der Waals surface area contributed by atoms with Crippen LogP contribution in [0.25, 0.3) is 0 Å². The highest BCUT2D eigenvalue weighted by atomic mass is 16.4. The second kappa shape index (κ2) is 7.05. The van der Waals surface area contributed by atoms with Crippen molar-refractivity contribution in [3.63, 3.8) is 0 Å². The first-order chi connectivity index (χ1) is 10.7. The zero-order valence-corrected chi connectivity index (χ0v) is 12.9. The molecule has 3 rings (SSSR count). The molecule has 22 heavy (non-hydrogen) atoms. The van der Waals surface area contributed by atoms with Crippen LogP contribution in [0.4, 0.5) is 5.82 Å². The summed E-state index contributed by atoms with van der Waals surface area (Å²) in [6.45, 7) is 3.05. The molecule has 1 unspecified atom stereocenters. The van der Waals surface area contributed by atoms with Crippen molar-refractivity contribution in [3.05, 3.63) is 18.1 Å². The van der Waals surface area contributed by atoms with E-state index in [9.17, 15) is 4.79 Å². The van der Waals surface area contributed by atoms with Gasteiger partial charge in [-0.25, -0.2) is 14.8 Å². The zero-order chi connectivity index (χ0) is 15.4. The summed E-state index contributed by atoms with van der Waals surface area (Å²) in [6.07, 6.45) is 10.9. The van der Waals surface area contributed by atoms with E-state index in [0.29, 0.717) is 11.7 Å². The topological polar surface area (TPSA) is 78.3 Å².